The molecule has 74 valence electrons. The van der Waals surface area contributed by atoms with Gasteiger partial charge in [-0.25, -0.2) is 5.48 Å². The highest BCUT2D eigenvalue weighted by Gasteiger charge is 2.28. The van der Waals surface area contributed by atoms with Crippen LogP contribution in [0.4, 0.5) is 0 Å². The van der Waals surface area contributed by atoms with Gasteiger partial charge in [-0.1, -0.05) is 6.92 Å². The molecule has 0 bridgehead atoms. The molecular formula is C7H13N3O3. The first kappa shape index (κ1) is 9.94. The SMILES string of the molecule is CC[C@H](N)C(=O)N[C@@H]1CONC1=O. The van der Waals surface area contributed by atoms with Crippen LogP contribution in [0.5, 0.6) is 0 Å². The van der Waals surface area contributed by atoms with Crippen molar-refractivity contribution in [2.24, 2.45) is 5.73 Å². The average Bonchev–Trinajstić information content (AvgIpc) is 2.50. The van der Waals surface area contributed by atoms with E-state index in [2.05, 4.69) is 15.6 Å². The van der Waals surface area contributed by atoms with Crippen molar-refractivity contribution >= 4 is 11.8 Å². The normalized spacial score (nSPS) is 23.8. The molecule has 0 spiro atoms. The maximum atomic E-state index is 11.2. The molecule has 0 aromatic heterocycles. The Bertz CT molecular complexity index is 219. The van der Waals surface area contributed by atoms with Gasteiger partial charge >= 0.3 is 0 Å². The Kier molecular flexibility index (Phi) is 3.21. The molecule has 0 radical (unpaired) electrons. The zero-order chi connectivity index (χ0) is 9.84. The molecule has 1 heterocycles. The second kappa shape index (κ2) is 4.20. The van der Waals surface area contributed by atoms with Crippen LogP contribution in [-0.2, 0) is 14.4 Å². The van der Waals surface area contributed by atoms with Gasteiger partial charge in [0.1, 0.15) is 12.6 Å². The molecule has 0 aromatic rings. The molecule has 1 saturated heterocycles. The Morgan fingerprint density at radius 3 is 3.08 bits per heavy atom. The summed E-state index contributed by atoms with van der Waals surface area (Å²) in [6, 6.07) is -1.17. The lowest BCUT2D eigenvalue weighted by Crippen LogP contribution is -2.48. The first-order valence-electron chi connectivity index (χ1n) is 4.12. The van der Waals surface area contributed by atoms with Crippen LogP contribution in [0.3, 0.4) is 0 Å². The van der Waals surface area contributed by atoms with Crippen LogP contribution in [0.1, 0.15) is 13.3 Å². The number of hydrogen-bond donors (Lipinski definition) is 3. The van der Waals surface area contributed by atoms with Gasteiger partial charge in [-0.15, -0.1) is 0 Å². The van der Waals surface area contributed by atoms with Crippen molar-refractivity contribution < 1.29 is 14.4 Å². The largest absolute Gasteiger partial charge is 0.341 e. The van der Waals surface area contributed by atoms with E-state index in [0.717, 1.165) is 0 Å². The number of hydrogen-bond acceptors (Lipinski definition) is 4. The molecule has 6 heteroatoms. The summed E-state index contributed by atoms with van der Waals surface area (Å²) in [5, 5.41) is 2.48. The lowest BCUT2D eigenvalue weighted by molar-refractivity contribution is -0.129. The number of rotatable bonds is 3. The van der Waals surface area contributed by atoms with Gasteiger partial charge in [0.05, 0.1) is 6.04 Å². The number of nitrogens with two attached hydrogens (primary N) is 1. The smallest absolute Gasteiger partial charge is 0.268 e. The van der Waals surface area contributed by atoms with E-state index in [4.69, 9.17) is 5.73 Å². The minimum Gasteiger partial charge on any atom is -0.341 e. The highest BCUT2D eigenvalue weighted by molar-refractivity contribution is 5.90. The molecular weight excluding hydrogens is 174 g/mol. The summed E-state index contributed by atoms with van der Waals surface area (Å²) in [5.41, 5.74) is 7.59. The van der Waals surface area contributed by atoms with Gasteiger partial charge in [-0.2, -0.15) is 0 Å². The quantitative estimate of drug-likeness (QED) is 0.489. The molecule has 1 fully saturated rings. The van der Waals surface area contributed by atoms with Crippen molar-refractivity contribution in [3.63, 3.8) is 0 Å². The maximum absolute atomic E-state index is 11.2. The minimum absolute atomic E-state index is 0.154. The van der Waals surface area contributed by atoms with E-state index in [0.29, 0.717) is 6.42 Å². The summed E-state index contributed by atoms with van der Waals surface area (Å²) in [5.74, 6) is -0.662. The molecule has 1 aliphatic rings. The molecule has 4 N–H and O–H groups in total. The lowest BCUT2D eigenvalue weighted by Gasteiger charge is -2.12. The number of carbonyl (C=O) groups is 2. The minimum atomic E-state index is -0.606. The van der Waals surface area contributed by atoms with E-state index in [-0.39, 0.29) is 18.4 Å². The van der Waals surface area contributed by atoms with Crippen molar-refractivity contribution in [2.45, 2.75) is 25.4 Å². The fourth-order valence-corrected chi connectivity index (χ4v) is 0.914. The summed E-state index contributed by atoms with van der Waals surface area (Å²) in [7, 11) is 0. The molecule has 6 nitrogen and oxygen atoms in total. The second-order valence-electron chi connectivity index (χ2n) is 2.85. The van der Waals surface area contributed by atoms with Crippen molar-refractivity contribution in [1.29, 1.82) is 0 Å². The Labute approximate surface area is 75.8 Å². The van der Waals surface area contributed by atoms with Crippen molar-refractivity contribution in [3.8, 4) is 0 Å². The average molecular weight is 187 g/mol. The van der Waals surface area contributed by atoms with E-state index < -0.39 is 12.1 Å². The Morgan fingerprint density at radius 1 is 1.92 bits per heavy atom. The maximum Gasteiger partial charge on any atom is 0.268 e. The molecule has 0 unspecified atom stereocenters. The number of nitrogens with one attached hydrogen (secondary N) is 2. The van der Waals surface area contributed by atoms with E-state index in [1.165, 1.54) is 0 Å². The molecule has 1 rings (SSSR count). The Morgan fingerprint density at radius 2 is 2.62 bits per heavy atom. The highest BCUT2D eigenvalue weighted by atomic mass is 16.7. The first-order valence-corrected chi connectivity index (χ1v) is 4.12. The number of carbonyl (C=O) groups excluding carboxylic acids is 2. The summed E-state index contributed by atoms with van der Waals surface area (Å²) in [4.78, 5) is 26.8. The predicted octanol–water partition coefficient (Wildman–Crippen LogP) is -1.73. The van der Waals surface area contributed by atoms with Crippen LogP contribution in [0, 0.1) is 0 Å². The van der Waals surface area contributed by atoms with Gasteiger partial charge in [-0.05, 0) is 6.42 Å². The molecule has 0 saturated carbocycles. The molecule has 0 aromatic carbocycles. The number of hydroxylamine groups is 1. The van der Waals surface area contributed by atoms with Gasteiger partial charge in [0.15, 0.2) is 0 Å². The summed E-state index contributed by atoms with van der Waals surface area (Å²) in [6.45, 7) is 1.95. The molecule has 2 atom stereocenters. The van der Waals surface area contributed by atoms with Gasteiger partial charge in [-0.3, -0.25) is 14.4 Å². The fourth-order valence-electron chi connectivity index (χ4n) is 0.914. The van der Waals surface area contributed by atoms with E-state index in [1.807, 2.05) is 0 Å². The standard InChI is InChI=1S/C7H13N3O3/c1-2-4(8)6(11)9-5-3-13-10-7(5)12/h4-5H,2-3,8H2,1H3,(H,9,11)(H,10,12)/t4-,5+/m0/s1. The van der Waals surface area contributed by atoms with Gasteiger partial charge in [0.25, 0.3) is 5.91 Å². The zero-order valence-electron chi connectivity index (χ0n) is 7.37. The fraction of sp³-hybridized carbons (Fsp3) is 0.714. The van der Waals surface area contributed by atoms with Crippen LogP contribution >= 0.6 is 0 Å². The van der Waals surface area contributed by atoms with Crippen LogP contribution < -0.4 is 16.5 Å². The summed E-state index contributed by atoms with van der Waals surface area (Å²) >= 11 is 0. The van der Waals surface area contributed by atoms with E-state index in [9.17, 15) is 9.59 Å². The van der Waals surface area contributed by atoms with Gasteiger partial charge in [0, 0.05) is 0 Å². The second-order valence-corrected chi connectivity index (χ2v) is 2.85. The zero-order valence-corrected chi connectivity index (χ0v) is 7.37. The van der Waals surface area contributed by atoms with Crippen LogP contribution in [0.25, 0.3) is 0 Å². The van der Waals surface area contributed by atoms with Gasteiger partial charge < -0.3 is 11.1 Å². The highest BCUT2D eigenvalue weighted by Crippen LogP contribution is 1.95. The lowest BCUT2D eigenvalue weighted by atomic mass is 10.2. The Balaban J connectivity index is 2.39. The van der Waals surface area contributed by atoms with Crippen LogP contribution in [0.15, 0.2) is 0 Å². The Hall–Kier alpha value is -1.14. The molecule has 1 aliphatic heterocycles. The van der Waals surface area contributed by atoms with E-state index in [1.54, 1.807) is 6.92 Å². The number of amides is 2. The summed E-state index contributed by atoms with van der Waals surface area (Å²) in [6.07, 6.45) is 0.543. The first-order chi connectivity index (χ1) is 6.15. The van der Waals surface area contributed by atoms with Crippen LogP contribution in [-0.4, -0.2) is 30.5 Å². The third-order valence-corrected chi connectivity index (χ3v) is 1.83. The predicted molar refractivity (Wildman–Crippen MR) is 44.3 cm³/mol. The third kappa shape index (κ3) is 2.40. The molecule has 0 aliphatic carbocycles. The topological polar surface area (TPSA) is 93.5 Å². The van der Waals surface area contributed by atoms with Crippen LogP contribution in [0.2, 0.25) is 0 Å². The van der Waals surface area contributed by atoms with E-state index >= 15 is 0 Å². The monoisotopic (exact) mass is 187 g/mol. The molecule has 2 amide bonds. The van der Waals surface area contributed by atoms with Crippen molar-refractivity contribution in [1.82, 2.24) is 10.8 Å². The van der Waals surface area contributed by atoms with Crippen molar-refractivity contribution in [2.75, 3.05) is 6.61 Å². The summed E-state index contributed by atoms with van der Waals surface area (Å²) < 4.78 is 0. The van der Waals surface area contributed by atoms with Crippen molar-refractivity contribution in [3.05, 3.63) is 0 Å². The van der Waals surface area contributed by atoms with Gasteiger partial charge in [0.2, 0.25) is 5.91 Å². The third-order valence-electron chi connectivity index (χ3n) is 1.83. The molecule has 13 heavy (non-hydrogen) atoms.